The van der Waals surface area contributed by atoms with Crippen molar-refractivity contribution >= 4 is 0 Å². The number of hydrogen-bond donors (Lipinski definition) is 0. The van der Waals surface area contributed by atoms with E-state index in [1.54, 1.807) is 0 Å². The predicted octanol–water partition coefficient (Wildman–Crippen LogP) is 3.69. The van der Waals surface area contributed by atoms with Crippen molar-refractivity contribution in [1.82, 2.24) is 4.90 Å². The first-order valence-corrected chi connectivity index (χ1v) is 7.42. The lowest BCUT2D eigenvalue weighted by molar-refractivity contribution is 0.163. The summed E-state index contributed by atoms with van der Waals surface area (Å²) >= 11 is 0. The normalized spacial score (nSPS) is 46.9. The molecule has 0 aromatic rings. The molecule has 3 rings (SSSR count). The minimum Gasteiger partial charge on any atom is -0.297 e. The molecule has 2 saturated heterocycles. The maximum Gasteiger partial charge on any atom is 0.0184 e. The Hall–Kier alpha value is -0.0400. The Morgan fingerprint density at radius 1 is 1.31 bits per heavy atom. The molecule has 2 heterocycles. The van der Waals surface area contributed by atoms with Gasteiger partial charge in [0.2, 0.25) is 0 Å². The van der Waals surface area contributed by atoms with Gasteiger partial charge in [0.05, 0.1) is 0 Å². The van der Waals surface area contributed by atoms with Crippen LogP contribution in [0.2, 0.25) is 0 Å². The second kappa shape index (κ2) is 3.73. The first-order valence-electron chi connectivity index (χ1n) is 7.42. The highest BCUT2D eigenvalue weighted by Gasteiger charge is 2.58. The summed E-state index contributed by atoms with van der Waals surface area (Å²) in [4.78, 5) is 2.92. The van der Waals surface area contributed by atoms with Gasteiger partial charge in [-0.25, -0.2) is 0 Å². The van der Waals surface area contributed by atoms with Crippen molar-refractivity contribution in [3.63, 3.8) is 0 Å². The van der Waals surface area contributed by atoms with Gasteiger partial charge in [-0.05, 0) is 62.3 Å². The molecule has 0 amide bonds. The molecule has 1 nitrogen and oxygen atoms in total. The van der Waals surface area contributed by atoms with Gasteiger partial charge in [-0.1, -0.05) is 20.8 Å². The van der Waals surface area contributed by atoms with E-state index in [4.69, 9.17) is 0 Å². The molecule has 0 unspecified atom stereocenters. The first-order chi connectivity index (χ1) is 7.66. The average Bonchev–Trinajstić information content (AvgIpc) is 2.83. The zero-order valence-corrected chi connectivity index (χ0v) is 11.2. The Bertz CT molecular complexity index is 273. The fourth-order valence-electron chi connectivity index (χ4n) is 5.14. The molecule has 0 bridgehead atoms. The van der Waals surface area contributed by atoms with Gasteiger partial charge in [-0.3, -0.25) is 4.90 Å². The van der Waals surface area contributed by atoms with E-state index < -0.39 is 0 Å². The fourth-order valence-corrected chi connectivity index (χ4v) is 5.14. The molecule has 0 spiro atoms. The van der Waals surface area contributed by atoms with Crippen molar-refractivity contribution in [3.8, 4) is 0 Å². The van der Waals surface area contributed by atoms with Gasteiger partial charge >= 0.3 is 0 Å². The Balaban J connectivity index is 1.79. The van der Waals surface area contributed by atoms with Gasteiger partial charge in [0.25, 0.3) is 0 Å². The van der Waals surface area contributed by atoms with Gasteiger partial charge in [-0.2, -0.15) is 0 Å². The van der Waals surface area contributed by atoms with Crippen LogP contribution in [0.3, 0.4) is 0 Å². The summed E-state index contributed by atoms with van der Waals surface area (Å²) in [6.07, 6.45) is 8.95. The van der Waals surface area contributed by atoms with Crippen LogP contribution in [0.5, 0.6) is 0 Å². The van der Waals surface area contributed by atoms with E-state index >= 15 is 0 Å². The third kappa shape index (κ3) is 1.40. The number of nitrogens with zero attached hydrogens (tertiary/aromatic N) is 1. The maximum atomic E-state index is 2.92. The molecule has 1 aliphatic carbocycles. The van der Waals surface area contributed by atoms with Crippen molar-refractivity contribution < 1.29 is 0 Å². The van der Waals surface area contributed by atoms with Crippen LogP contribution in [-0.2, 0) is 0 Å². The zero-order chi connectivity index (χ0) is 11.3. The molecule has 0 N–H and O–H groups in total. The maximum absolute atomic E-state index is 2.92. The highest BCUT2D eigenvalue weighted by atomic mass is 15.3. The molecule has 1 saturated carbocycles. The first kappa shape index (κ1) is 11.1. The van der Waals surface area contributed by atoms with Crippen LogP contribution in [0.1, 0.15) is 59.3 Å². The summed E-state index contributed by atoms with van der Waals surface area (Å²) in [5, 5.41) is 0. The summed E-state index contributed by atoms with van der Waals surface area (Å²) in [7, 11) is 0. The number of rotatable bonds is 3. The van der Waals surface area contributed by atoms with Crippen LogP contribution in [0, 0.1) is 17.3 Å². The standard InChI is InChI=1S/C15H27N/c1-4-15-6-5-12-10-13(9-11(2)3)16(8-7-15)14(12)15/h11-14H,4-10H2,1-3H3/t12-,13-,14+,15+/m1/s1. The quantitative estimate of drug-likeness (QED) is 0.702. The summed E-state index contributed by atoms with van der Waals surface area (Å²) in [5.41, 5.74) is 0.746. The lowest BCUT2D eigenvalue weighted by atomic mass is 9.79. The summed E-state index contributed by atoms with van der Waals surface area (Å²) < 4.78 is 0. The van der Waals surface area contributed by atoms with Crippen LogP contribution >= 0.6 is 0 Å². The van der Waals surface area contributed by atoms with E-state index in [1.165, 1.54) is 45.1 Å². The van der Waals surface area contributed by atoms with E-state index in [9.17, 15) is 0 Å². The minimum atomic E-state index is 0.746. The van der Waals surface area contributed by atoms with Crippen molar-refractivity contribution in [3.05, 3.63) is 0 Å². The van der Waals surface area contributed by atoms with Crippen LogP contribution in [0.15, 0.2) is 0 Å². The van der Waals surface area contributed by atoms with Crippen LogP contribution in [-0.4, -0.2) is 23.5 Å². The van der Waals surface area contributed by atoms with Crippen LogP contribution < -0.4 is 0 Å². The molecule has 0 radical (unpaired) electrons. The molecule has 0 aromatic carbocycles. The smallest absolute Gasteiger partial charge is 0.0184 e. The lowest BCUT2D eigenvalue weighted by Crippen LogP contribution is -2.37. The molecule has 3 aliphatic rings. The van der Waals surface area contributed by atoms with Crippen LogP contribution in [0.25, 0.3) is 0 Å². The highest BCUT2D eigenvalue weighted by Crippen LogP contribution is 2.59. The van der Waals surface area contributed by atoms with Crippen molar-refractivity contribution in [2.24, 2.45) is 17.3 Å². The third-order valence-corrected chi connectivity index (χ3v) is 5.80. The molecule has 92 valence electrons. The van der Waals surface area contributed by atoms with Crippen LogP contribution in [0.4, 0.5) is 0 Å². The second-order valence-electron chi connectivity index (χ2n) is 6.97. The van der Waals surface area contributed by atoms with Gasteiger partial charge in [0, 0.05) is 12.1 Å². The van der Waals surface area contributed by atoms with Crippen molar-refractivity contribution in [2.45, 2.75) is 71.4 Å². The molecule has 0 aromatic heterocycles. The minimum absolute atomic E-state index is 0.746. The van der Waals surface area contributed by atoms with Gasteiger partial charge in [-0.15, -0.1) is 0 Å². The molecule has 3 fully saturated rings. The second-order valence-corrected chi connectivity index (χ2v) is 6.97. The Morgan fingerprint density at radius 3 is 2.81 bits per heavy atom. The fraction of sp³-hybridized carbons (Fsp3) is 1.00. The van der Waals surface area contributed by atoms with E-state index in [-0.39, 0.29) is 0 Å². The average molecular weight is 221 g/mol. The monoisotopic (exact) mass is 221 g/mol. The Morgan fingerprint density at radius 2 is 2.12 bits per heavy atom. The third-order valence-electron chi connectivity index (χ3n) is 5.80. The summed E-state index contributed by atoms with van der Waals surface area (Å²) in [6, 6.07) is 1.92. The Kier molecular flexibility index (Phi) is 2.58. The highest BCUT2D eigenvalue weighted by molar-refractivity contribution is 5.12. The molecule has 16 heavy (non-hydrogen) atoms. The van der Waals surface area contributed by atoms with E-state index in [2.05, 4.69) is 25.7 Å². The van der Waals surface area contributed by atoms with E-state index in [0.717, 1.165) is 29.3 Å². The molecule has 4 atom stereocenters. The van der Waals surface area contributed by atoms with E-state index in [0.29, 0.717) is 0 Å². The van der Waals surface area contributed by atoms with E-state index in [1.807, 2.05) is 0 Å². The Labute approximate surface area is 101 Å². The van der Waals surface area contributed by atoms with Gasteiger partial charge < -0.3 is 0 Å². The lowest BCUT2D eigenvalue weighted by Gasteiger charge is -2.31. The number of hydrogen-bond acceptors (Lipinski definition) is 1. The molecule has 1 heteroatoms. The van der Waals surface area contributed by atoms with Crippen molar-refractivity contribution in [1.29, 1.82) is 0 Å². The molecular weight excluding hydrogens is 194 g/mol. The summed E-state index contributed by atoms with van der Waals surface area (Å²) in [5.74, 6) is 1.94. The molecular formula is C15H27N. The predicted molar refractivity (Wildman–Crippen MR) is 68.4 cm³/mol. The SMILES string of the molecule is CC[C@]12CC[C@@H]3C[C@@H](CC(C)C)N(CC1)[C@@H]32. The van der Waals surface area contributed by atoms with Gasteiger partial charge in [0.15, 0.2) is 0 Å². The topological polar surface area (TPSA) is 3.24 Å². The zero-order valence-electron chi connectivity index (χ0n) is 11.2. The largest absolute Gasteiger partial charge is 0.297 e. The molecule has 2 aliphatic heterocycles. The summed E-state index contributed by atoms with van der Waals surface area (Å²) in [6.45, 7) is 8.61. The van der Waals surface area contributed by atoms with Gasteiger partial charge in [0.1, 0.15) is 0 Å². The van der Waals surface area contributed by atoms with Crippen molar-refractivity contribution in [2.75, 3.05) is 6.54 Å².